The number of rotatable bonds is 8. The van der Waals surface area contributed by atoms with Crippen molar-refractivity contribution >= 4 is 20.2 Å². The number of phenols is 2. The molecule has 0 amide bonds. The minimum absolute atomic E-state index is 0.0167. The SMILES string of the molecule is O=S(=O)(O)C(F)(F)C(F)(F)Oc1ccc2c(c1)-c1cc(OC(F)(F)C(F)(F)S(=O)(=O)O)ccc1C21c2cc(O)ccc2-c2ccc(O)cc21. The number of hydrogen-bond donors (Lipinski definition) is 4. The van der Waals surface area contributed by atoms with Crippen molar-refractivity contribution in [3.05, 3.63) is 95.1 Å². The molecule has 260 valence electrons. The van der Waals surface area contributed by atoms with Gasteiger partial charge in [-0.15, -0.1) is 0 Å². The Bertz CT molecular complexity index is 2130. The zero-order valence-corrected chi connectivity index (χ0v) is 25.1. The first kappa shape index (κ1) is 34.2. The molecule has 4 aromatic rings. The van der Waals surface area contributed by atoms with E-state index >= 15 is 0 Å². The topological polar surface area (TPSA) is 168 Å². The fourth-order valence-corrected chi connectivity index (χ4v) is 6.70. The van der Waals surface area contributed by atoms with Gasteiger partial charge in [-0.05, 0) is 93.0 Å². The molecule has 0 bridgehead atoms. The van der Waals surface area contributed by atoms with E-state index in [9.17, 15) is 62.2 Å². The third kappa shape index (κ3) is 4.71. The predicted molar refractivity (Wildman–Crippen MR) is 150 cm³/mol. The van der Waals surface area contributed by atoms with Crippen LogP contribution in [0.2, 0.25) is 0 Å². The average molecular weight is 741 g/mol. The van der Waals surface area contributed by atoms with Gasteiger partial charge in [0.15, 0.2) is 0 Å². The van der Waals surface area contributed by atoms with E-state index in [0.29, 0.717) is 35.4 Å². The Kier molecular flexibility index (Phi) is 7.11. The minimum atomic E-state index is -6.74. The Morgan fingerprint density at radius 3 is 1.16 bits per heavy atom. The number of phenolic OH excluding ortho intramolecular Hbond substituents is 2. The molecule has 6 rings (SSSR count). The van der Waals surface area contributed by atoms with E-state index in [1.807, 2.05) is 0 Å². The second kappa shape index (κ2) is 10.2. The molecule has 0 atom stereocenters. The summed E-state index contributed by atoms with van der Waals surface area (Å²) in [6.45, 7) is 0. The van der Waals surface area contributed by atoms with Crippen molar-refractivity contribution in [2.45, 2.75) is 28.1 Å². The molecule has 49 heavy (non-hydrogen) atoms. The Morgan fingerprint density at radius 1 is 0.490 bits per heavy atom. The van der Waals surface area contributed by atoms with Gasteiger partial charge in [-0.25, -0.2) is 0 Å². The number of hydrogen-bond acceptors (Lipinski definition) is 8. The van der Waals surface area contributed by atoms with Crippen molar-refractivity contribution in [2.24, 2.45) is 0 Å². The largest absolute Gasteiger partial charge is 0.508 e. The summed E-state index contributed by atoms with van der Waals surface area (Å²) in [5.74, 6) is -3.00. The number of fused-ring (bicyclic) bond motifs is 10. The molecule has 1 spiro atoms. The fraction of sp³-hybridized carbons (Fsp3) is 0.172. The second-order valence-corrected chi connectivity index (χ2v) is 13.8. The van der Waals surface area contributed by atoms with Crippen LogP contribution in [-0.4, -0.2) is 58.9 Å². The molecular formula is C29H16F8O10S2. The highest BCUT2D eigenvalue weighted by Gasteiger charge is 2.70. The highest BCUT2D eigenvalue weighted by atomic mass is 32.2. The van der Waals surface area contributed by atoms with Crippen LogP contribution in [0.4, 0.5) is 35.1 Å². The molecule has 0 unspecified atom stereocenters. The van der Waals surface area contributed by atoms with Gasteiger partial charge in [0.25, 0.3) is 0 Å². The Morgan fingerprint density at radius 2 is 0.837 bits per heavy atom. The van der Waals surface area contributed by atoms with Crippen molar-refractivity contribution < 1.29 is 80.8 Å². The maximum Gasteiger partial charge on any atom is 0.483 e. The van der Waals surface area contributed by atoms with Gasteiger partial charge >= 0.3 is 43.0 Å². The van der Waals surface area contributed by atoms with Crippen LogP contribution < -0.4 is 9.47 Å². The van der Waals surface area contributed by atoms with Crippen LogP contribution in [0.15, 0.2) is 72.8 Å². The first-order valence-corrected chi connectivity index (χ1v) is 16.0. The highest BCUT2D eigenvalue weighted by molar-refractivity contribution is 7.87. The van der Waals surface area contributed by atoms with E-state index in [-0.39, 0.29) is 44.9 Å². The number of halogens is 8. The molecular weight excluding hydrogens is 724 g/mol. The molecule has 0 aliphatic heterocycles. The normalized spacial score (nSPS) is 15.4. The lowest BCUT2D eigenvalue weighted by atomic mass is 9.70. The quantitative estimate of drug-likeness (QED) is 0.102. The van der Waals surface area contributed by atoms with Crippen molar-refractivity contribution in [3.8, 4) is 45.3 Å². The number of ether oxygens (including phenoxy) is 2. The van der Waals surface area contributed by atoms with Crippen molar-refractivity contribution in [3.63, 3.8) is 0 Å². The summed E-state index contributed by atoms with van der Waals surface area (Å²) in [7, 11) is -13.5. The van der Waals surface area contributed by atoms with Gasteiger partial charge in [-0.3, -0.25) is 9.11 Å². The maximum absolute atomic E-state index is 14.5. The second-order valence-electron chi connectivity index (χ2n) is 10.8. The fourth-order valence-electron chi connectivity index (χ4n) is 6.01. The summed E-state index contributed by atoms with van der Waals surface area (Å²) in [5.41, 5.74) is -1.00. The van der Waals surface area contributed by atoms with Crippen LogP contribution in [0.3, 0.4) is 0 Å². The van der Waals surface area contributed by atoms with Gasteiger partial charge in [-0.2, -0.15) is 52.0 Å². The van der Waals surface area contributed by atoms with Gasteiger partial charge in [0.05, 0.1) is 5.41 Å². The van der Waals surface area contributed by atoms with Crippen LogP contribution in [0.5, 0.6) is 23.0 Å². The highest BCUT2D eigenvalue weighted by Crippen LogP contribution is 2.64. The standard InChI is InChI=1S/C29H16F8O10S2/c30-26(31,28(34,35)48(40,41)42)46-15-3-7-21-19(11-15)20-12-16(47-27(32,33)29(36,37)49(43,44)45)4-8-22(20)25(21)23-9-13(38)1-5-17(23)18-6-2-14(39)10-24(18)25/h1-12,38-39H,(H,40,41,42)(H,43,44,45). The van der Waals surface area contributed by atoms with Gasteiger partial charge in [0.1, 0.15) is 23.0 Å². The number of benzene rings is 4. The van der Waals surface area contributed by atoms with Crippen LogP contribution in [0, 0.1) is 0 Å². The molecule has 0 fully saturated rings. The van der Waals surface area contributed by atoms with E-state index in [1.54, 1.807) is 0 Å². The lowest BCUT2D eigenvalue weighted by Gasteiger charge is -2.31. The molecule has 10 nitrogen and oxygen atoms in total. The molecule has 2 aliphatic carbocycles. The smallest absolute Gasteiger partial charge is 0.483 e. The number of aromatic hydroxyl groups is 2. The zero-order chi connectivity index (χ0) is 36.3. The van der Waals surface area contributed by atoms with Crippen LogP contribution >= 0.6 is 0 Å². The van der Waals surface area contributed by atoms with Crippen molar-refractivity contribution in [1.82, 2.24) is 0 Å². The van der Waals surface area contributed by atoms with Crippen molar-refractivity contribution in [2.75, 3.05) is 0 Å². The van der Waals surface area contributed by atoms with E-state index in [1.165, 1.54) is 36.4 Å². The lowest BCUT2D eigenvalue weighted by molar-refractivity contribution is -0.274. The first-order chi connectivity index (χ1) is 22.4. The minimum Gasteiger partial charge on any atom is -0.508 e. The van der Waals surface area contributed by atoms with Crippen molar-refractivity contribution in [1.29, 1.82) is 0 Å². The first-order valence-electron chi connectivity index (χ1n) is 13.2. The summed E-state index contributed by atoms with van der Waals surface area (Å²) >= 11 is 0. The molecule has 0 saturated heterocycles. The summed E-state index contributed by atoms with van der Waals surface area (Å²) < 4.78 is 183. The lowest BCUT2D eigenvalue weighted by Crippen LogP contribution is -2.50. The third-order valence-corrected chi connectivity index (χ3v) is 9.77. The molecule has 0 aromatic heterocycles. The molecule has 4 N–H and O–H groups in total. The molecule has 0 saturated carbocycles. The van der Waals surface area contributed by atoms with Crippen LogP contribution in [0.25, 0.3) is 22.3 Å². The van der Waals surface area contributed by atoms with Gasteiger partial charge in [-0.1, -0.05) is 24.3 Å². The van der Waals surface area contributed by atoms with E-state index < -0.39 is 59.9 Å². The van der Waals surface area contributed by atoms with E-state index in [4.69, 9.17) is 9.11 Å². The number of alkyl halides is 8. The monoisotopic (exact) mass is 740 g/mol. The van der Waals surface area contributed by atoms with E-state index in [0.717, 1.165) is 12.1 Å². The van der Waals surface area contributed by atoms with Crippen LogP contribution in [-0.2, 0) is 25.7 Å². The summed E-state index contributed by atoms with van der Waals surface area (Å²) in [6, 6.07) is 12.7. The molecule has 0 heterocycles. The van der Waals surface area contributed by atoms with Gasteiger partial charge in [0.2, 0.25) is 0 Å². The summed E-state index contributed by atoms with van der Waals surface area (Å²) in [6.07, 6.45) is -11.8. The molecule has 4 aromatic carbocycles. The maximum atomic E-state index is 14.5. The molecule has 0 radical (unpaired) electrons. The van der Waals surface area contributed by atoms with Crippen LogP contribution in [0.1, 0.15) is 22.3 Å². The average Bonchev–Trinajstić information content (AvgIpc) is 3.40. The third-order valence-electron chi connectivity index (χ3n) is 8.00. The Hall–Kier alpha value is -4.66. The van der Waals surface area contributed by atoms with Gasteiger partial charge < -0.3 is 19.7 Å². The molecule has 2 aliphatic rings. The molecule has 20 heteroatoms. The zero-order valence-electron chi connectivity index (χ0n) is 23.5. The Labute approximate surface area is 269 Å². The summed E-state index contributed by atoms with van der Waals surface area (Å²) in [4.78, 5) is 0. The van der Waals surface area contributed by atoms with Gasteiger partial charge in [0, 0.05) is 0 Å². The Balaban J connectivity index is 1.62. The summed E-state index contributed by atoms with van der Waals surface area (Å²) in [5, 5.41) is 8.56. The predicted octanol–water partition coefficient (Wildman–Crippen LogP) is 6.35. The van der Waals surface area contributed by atoms with E-state index in [2.05, 4.69) is 9.47 Å².